The van der Waals surface area contributed by atoms with Gasteiger partial charge in [-0.25, -0.2) is 0 Å². The highest BCUT2D eigenvalue weighted by Crippen LogP contribution is 2.32. The minimum atomic E-state index is -0.422. The molecule has 2 aliphatic rings. The fourth-order valence-corrected chi connectivity index (χ4v) is 4.79. The normalized spacial score (nSPS) is 17.7. The molecule has 2 aromatic rings. The summed E-state index contributed by atoms with van der Waals surface area (Å²) >= 11 is 9.08. The topological polar surface area (TPSA) is 73.8 Å². The van der Waals surface area contributed by atoms with Crippen LogP contribution in [0.15, 0.2) is 39.9 Å². The van der Waals surface area contributed by atoms with Crippen molar-refractivity contribution in [3.63, 3.8) is 0 Å². The molecule has 0 saturated heterocycles. The lowest BCUT2D eigenvalue weighted by Crippen LogP contribution is -2.35. The number of rotatable bonds is 2. The second-order valence-corrected chi connectivity index (χ2v) is 9.10. The van der Waals surface area contributed by atoms with Gasteiger partial charge in [-0.2, -0.15) is 10.0 Å². The van der Waals surface area contributed by atoms with Crippen molar-refractivity contribution in [1.29, 1.82) is 5.41 Å². The number of benzene rings is 1. The monoisotopic (exact) mass is 443 g/mol. The van der Waals surface area contributed by atoms with Gasteiger partial charge in [0.25, 0.3) is 5.91 Å². The second kappa shape index (κ2) is 7.51. The summed E-state index contributed by atoms with van der Waals surface area (Å²) in [4.78, 5) is 16.7. The van der Waals surface area contributed by atoms with Crippen LogP contribution >= 0.6 is 35.1 Å². The Morgan fingerprint density at radius 3 is 2.69 bits per heavy atom. The predicted molar refractivity (Wildman–Crippen MR) is 124 cm³/mol. The Morgan fingerprint density at radius 1 is 1.24 bits per heavy atom. The van der Waals surface area contributed by atoms with Gasteiger partial charge < -0.3 is 4.57 Å². The number of nitrogens with one attached hydrogen (secondary N) is 1. The van der Waals surface area contributed by atoms with Crippen molar-refractivity contribution in [2.45, 2.75) is 20.8 Å². The number of amides is 1. The number of fused-ring (bicyclic) bond motifs is 1. The van der Waals surface area contributed by atoms with E-state index in [-0.39, 0.29) is 11.4 Å². The maximum absolute atomic E-state index is 12.6. The van der Waals surface area contributed by atoms with Crippen LogP contribution in [0.3, 0.4) is 0 Å². The van der Waals surface area contributed by atoms with Gasteiger partial charge in [-0.3, -0.25) is 10.2 Å². The van der Waals surface area contributed by atoms with Gasteiger partial charge in [0, 0.05) is 22.1 Å². The lowest BCUT2D eigenvalue weighted by molar-refractivity contribution is -0.114. The van der Waals surface area contributed by atoms with Crippen molar-refractivity contribution >= 4 is 62.5 Å². The first kappa shape index (κ1) is 20.0. The number of carbonyl (C=O) groups is 1. The Labute approximate surface area is 182 Å². The third-order valence-corrected chi connectivity index (χ3v) is 7.09. The van der Waals surface area contributed by atoms with Gasteiger partial charge in [0.05, 0.1) is 5.57 Å². The summed E-state index contributed by atoms with van der Waals surface area (Å²) in [5.74, 6) is -0.380. The molecule has 148 valence electrons. The first-order valence-corrected chi connectivity index (χ1v) is 11.2. The van der Waals surface area contributed by atoms with Crippen LogP contribution in [0.2, 0.25) is 5.02 Å². The summed E-state index contributed by atoms with van der Waals surface area (Å²) in [6.45, 7) is 5.95. The third-order valence-electron chi connectivity index (χ3n) is 4.79. The highest BCUT2D eigenvalue weighted by Gasteiger charge is 2.35. The highest BCUT2D eigenvalue weighted by molar-refractivity contribution is 8.45. The smallest absolute Gasteiger partial charge is 0.283 e. The summed E-state index contributed by atoms with van der Waals surface area (Å²) in [7, 11) is 0. The molecular formula is C20H18ClN5OS2. The molecule has 1 amide bonds. The molecular weight excluding hydrogens is 426 g/mol. The van der Waals surface area contributed by atoms with Crippen molar-refractivity contribution in [1.82, 2.24) is 9.58 Å². The summed E-state index contributed by atoms with van der Waals surface area (Å²) < 4.78 is 2.84. The number of nitrogens with zero attached hydrogens (tertiary/aromatic N) is 4. The highest BCUT2D eigenvalue weighted by atomic mass is 35.5. The van der Waals surface area contributed by atoms with E-state index in [2.05, 4.69) is 14.7 Å². The first-order valence-electron chi connectivity index (χ1n) is 8.80. The van der Waals surface area contributed by atoms with E-state index in [0.717, 1.165) is 32.6 Å². The maximum Gasteiger partial charge on any atom is 0.283 e. The van der Waals surface area contributed by atoms with Crippen LogP contribution in [0.5, 0.6) is 0 Å². The molecule has 1 aromatic carbocycles. The van der Waals surface area contributed by atoms with Gasteiger partial charge in [-0.15, -0.1) is 16.9 Å². The van der Waals surface area contributed by atoms with E-state index in [9.17, 15) is 4.79 Å². The Balaban J connectivity index is 1.76. The van der Waals surface area contributed by atoms with E-state index in [1.54, 1.807) is 6.08 Å². The fraction of sp³-hybridized carbons (Fsp3) is 0.200. The molecule has 0 radical (unpaired) electrons. The van der Waals surface area contributed by atoms with E-state index in [0.29, 0.717) is 10.2 Å². The van der Waals surface area contributed by atoms with Crippen LogP contribution in [-0.4, -0.2) is 37.1 Å². The van der Waals surface area contributed by atoms with Crippen LogP contribution < -0.4 is 0 Å². The number of hydrazone groups is 1. The minimum Gasteiger partial charge on any atom is -0.318 e. The van der Waals surface area contributed by atoms with E-state index >= 15 is 0 Å². The zero-order valence-corrected chi connectivity index (χ0v) is 18.7. The van der Waals surface area contributed by atoms with Gasteiger partial charge in [-0.1, -0.05) is 17.7 Å². The number of aliphatic imine (C=N–C) groups is 1. The maximum atomic E-state index is 12.6. The van der Waals surface area contributed by atoms with E-state index in [1.807, 2.05) is 51.3 Å². The molecule has 6 nitrogen and oxygen atoms in total. The number of carbonyl (C=O) groups excluding carboxylic acids is 1. The lowest BCUT2D eigenvalue weighted by Gasteiger charge is -2.20. The molecule has 29 heavy (non-hydrogen) atoms. The molecule has 0 atom stereocenters. The molecule has 4 rings (SSSR count). The number of halogens is 1. The molecule has 0 fully saturated rings. The van der Waals surface area contributed by atoms with E-state index < -0.39 is 5.91 Å². The summed E-state index contributed by atoms with van der Waals surface area (Å²) in [5.41, 5.74) is 5.01. The number of aromatic nitrogens is 1. The number of amidine groups is 2. The fourth-order valence-electron chi connectivity index (χ4n) is 3.26. The number of hydrogen-bond acceptors (Lipinski definition) is 5. The molecule has 0 unspecified atom stereocenters. The third kappa shape index (κ3) is 3.45. The molecule has 2 aliphatic heterocycles. The van der Waals surface area contributed by atoms with Crippen molar-refractivity contribution in [3.8, 4) is 5.69 Å². The zero-order valence-electron chi connectivity index (χ0n) is 16.3. The van der Waals surface area contributed by atoms with Gasteiger partial charge >= 0.3 is 0 Å². The van der Waals surface area contributed by atoms with E-state index in [1.165, 1.54) is 28.5 Å². The van der Waals surface area contributed by atoms with Crippen LogP contribution in [0.25, 0.3) is 11.8 Å². The van der Waals surface area contributed by atoms with E-state index in [4.69, 9.17) is 17.0 Å². The number of aryl methyl sites for hydroxylation is 2. The minimum absolute atomic E-state index is 0.0414. The first-order chi connectivity index (χ1) is 13.8. The average molecular weight is 444 g/mol. The van der Waals surface area contributed by atoms with Crippen LogP contribution in [0.4, 0.5) is 0 Å². The van der Waals surface area contributed by atoms with Gasteiger partial charge in [-0.05, 0) is 74.2 Å². The predicted octanol–water partition coefficient (Wildman–Crippen LogP) is 5.00. The Morgan fingerprint density at radius 2 is 2.00 bits per heavy atom. The Hall–Kier alpha value is -2.29. The lowest BCUT2D eigenvalue weighted by atomic mass is 10.1. The molecule has 0 saturated carbocycles. The molecule has 0 bridgehead atoms. The Bertz CT molecular complexity index is 1160. The zero-order chi connectivity index (χ0) is 20.9. The van der Waals surface area contributed by atoms with Gasteiger partial charge in [0.1, 0.15) is 0 Å². The molecule has 9 heteroatoms. The molecule has 0 spiro atoms. The van der Waals surface area contributed by atoms with Gasteiger partial charge in [0.2, 0.25) is 5.17 Å². The standard InChI is InChI=1S/C20H18ClN5OS2/c1-10-5-6-14(9-16(10)21)25-11(2)7-13(12(25)3)8-15-17(22)26-19(23-18(15)27)29-20(24-26)28-4/h5-9,22H,1-4H3. The molecule has 1 N–H and O–H groups in total. The van der Waals surface area contributed by atoms with Crippen LogP contribution in [-0.2, 0) is 4.79 Å². The second-order valence-electron chi connectivity index (χ2n) is 6.69. The molecule has 1 aromatic heterocycles. The Kier molecular flexibility index (Phi) is 5.18. The molecule has 3 heterocycles. The number of thioether (sulfide) groups is 2. The van der Waals surface area contributed by atoms with Crippen LogP contribution in [0.1, 0.15) is 22.5 Å². The quantitative estimate of drug-likeness (QED) is 0.663. The average Bonchev–Trinajstić information content (AvgIpc) is 3.21. The van der Waals surface area contributed by atoms with Crippen molar-refractivity contribution in [3.05, 3.63) is 57.4 Å². The van der Waals surface area contributed by atoms with Crippen LogP contribution in [0, 0.1) is 26.2 Å². The van der Waals surface area contributed by atoms with Gasteiger partial charge in [0.15, 0.2) is 10.2 Å². The largest absolute Gasteiger partial charge is 0.318 e. The van der Waals surface area contributed by atoms with Crippen molar-refractivity contribution < 1.29 is 4.79 Å². The number of hydrogen-bond donors (Lipinski definition) is 1. The SMILES string of the molecule is CSC1=NN2C(=N)C(=Cc3cc(C)n(-c4ccc(C)c(Cl)c4)c3C)C(=O)N=C2S1. The van der Waals surface area contributed by atoms with Crippen molar-refractivity contribution in [2.75, 3.05) is 6.26 Å². The summed E-state index contributed by atoms with van der Waals surface area (Å²) in [6.07, 6.45) is 3.62. The molecule has 0 aliphatic carbocycles. The van der Waals surface area contributed by atoms with Crippen molar-refractivity contribution in [2.24, 2.45) is 10.1 Å². The summed E-state index contributed by atoms with van der Waals surface area (Å²) in [5, 5.41) is 15.4. The summed E-state index contributed by atoms with van der Waals surface area (Å²) in [6, 6.07) is 7.92.